The van der Waals surface area contributed by atoms with Crippen LogP contribution in [0.1, 0.15) is 76.7 Å². The molecule has 188 valence electrons. The molecular weight excluding hydrogens is 450 g/mol. The lowest BCUT2D eigenvalue weighted by molar-refractivity contribution is -0.143. The van der Waals surface area contributed by atoms with Gasteiger partial charge in [0.25, 0.3) is 0 Å². The van der Waals surface area contributed by atoms with Gasteiger partial charge in [-0.3, -0.25) is 4.79 Å². The minimum Gasteiger partial charge on any atom is -0.465 e. The van der Waals surface area contributed by atoms with E-state index in [4.69, 9.17) is 26.9 Å². The normalized spacial score (nSPS) is 9.65. The summed E-state index contributed by atoms with van der Waals surface area (Å²) in [6.45, 7) is 2.59. The maximum Gasteiger partial charge on any atom is 0.412 e. The lowest BCUT2D eigenvalue weighted by Gasteiger charge is -2.09. The largest absolute Gasteiger partial charge is 0.465 e. The number of carbonyl (C=O) groups is 2. The Morgan fingerprint density at radius 2 is 1.76 bits per heavy atom. The molecule has 1 rings (SSSR count). The van der Waals surface area contributed by atoms with Crippen molar-refractivity contribution in [1.82, 2.24) is 5.32 Å². The number of unbranched alkanes of at least 4 members (excludes halogenated alkanes) is 8. The number of nitrogens with two attached hydrogens (primary N) is 1. The van der Waals surface area contributed by atoms with Gasteiger partial charge in [0.05, 0.1) is 5.69 Å². The highest BCUT2D eigenvalue weighted by molar-refractivity contribution is 8.03. The summed E-state index contributed by atoms with van der Waals surface area (Å²) < 4.78 is 9.94. The molecule has 3 N–H and O–H groups in total. The van der Waals surface area contributed by atoms with Crippen molar-refractivity contribution in [2.45, 2.75) is 77.6 Å². The number of anilines is 1. The number of carbonyl (C=O) groups excluding carboxylic acids is 2. The number of nitriles is 1. The summed E-state index contributed by atoms with van der Waals surface area (Å²) in [4.78, 5) is 22.3. The van der Waals surface area contributed by atoms with Crippen molar-refractivity contribution in [3.63, 3.8) is 0 Å². The molecule has 1 aromatic rings. The average Bonchev–Trinajstić information content (AvgIpc) is 2.83. The smallest absolute Gasteiger partial charge is 0.412 e. The second-order valence-corrected chi connectivity index (χ2v) is 8.47. The Morgan fingerprint density at radius 3 is 2.35 bits per heavy atom. The fourth-order valence-corrected chi connectivity index (χ4v) is 3.25. The third kappa shape index (κ3) is 16.7. The van der Waals surface area contributed by atoms with E-state index in [2.05, 4.69) is 18.2 Å². The van der Waals surface area contributed by atoms with Crippen molar-refractivity contribution >= 4 is 29.5 Å². The van der Waals surface area contributed by atoms with Crippen LogP contribution in [0, 0.1) is 23.0 Å². The van der Waals surface area contributed by atoms with Crippen LogP contribution in [-0.4, -0.2) is 31.5 Å². The van der Waals surface area contributed by atoms with Gasteiger partial charge in [0.1, 0.15) is 12.0 Å². The first-order chi connectivity index (χ1) is 16.5. The lowest BCUT2D eigenvalue weighted by Crippen LogP contribution is -2.22. The second-order valence-electron chi connectivity index (χ2n) is 7.59. The molecule has 0 bridgehead atoms. The zero-order valence-electron chi connectivity index (χ0n) is 20.6. The minimum absolute atomic E-state index is 0.124. The SMILES string of the molecule is C#CCc1cccc(OC(=O)NC)c1N.CCCCCCCCCCCC(=O)OCCSC#N. The van der Waals surface area contributed by atoms with E-state index in [1.54, 1.807) is 18.2 Å². The van der Waals surface area contributed by atoms with E-state index in [1.165, 1.54) is 52.0 Å². The summed E-state index contributed by atoms with van der Waals surface area (Å²) in [5, 5.41) is 12.6. The van der Waals surface area contributed by atoms with Crippen LogP contribution in [0.25, 0.3) is 0 Å². The van der Waals surface area contributed by atoms with E-state index in [1.807, 2.05) is 5.40 Å². The zero-order chi connectivity index (χ0) is 25.4. The van der Waals surface area contributed by atoms with Crippen molar-refractivity contribution in [2.75, 3.05) is 25.1 Å². The highest BCUT2D eigenvalue weighted by atomic mass is 32.2. The van der Waals surface area contributed by atoms with E-state index in [9.17, 15) is 9.59 Å². The molecule has 7 nitrogen and oxygen atoms in total. The van der Waals surface area contributed by atoms with Gasteiger partial charge in [0.15, 0.2) is 5.75 Å². The molecular formula is C26H39N3O4S. The van der Waals surface area contributed by atoms with Crippen LogP contribution in [0.15, 0.2) is 18.2 Å². The van der Waals surface area contributed by atoms with Gasteiger partial charge in [-0.1, -0.05) is 70.4 Å². The van der Waals surface area contributed by atoms with Gasteiger partial charge in [0.2, 0.25) is 0 Å². The van der Waals surface area contributed by atoms with Crippen LogP contribution in [0.4, 0.5) is 10.5 Å². The maximum absolute atomic E-state index is 11.3. The third-order valence-electron chi connectivity index (χ3n) is 4.85. The molecule has 8 heteroatoms. The molecule has 0 heterocycles. The van der Waals surface area contributed by atoms with E-state index < -0.39 is 6.09 Å². The Balaban J connectivity index is 0.000000657. The molecule has 0 spiro atoms. The summed E-state index contributed by atoms with van der Waals surface area (Å²) in [5.74, 6) is 3.25. The van der Waals surface area contributed by atoms with Crippen LogP contribution >= 0.6 is 11.8 Å². The Morgan fingerprint density at radius 1 is 1.12 bits per heavy atom. The van der Waals surface area contributed by atoms with Crippen LogP contribution in [0.5, 0.6) is 5.75 Å². The van der Waals surface area contributed by atoms with Crippen molar-refractivity contribution in [2.24, 2.45) is 0 Å². The first kappa shape index (κ1) is 31.2. The number of amides is 1. The van der Waals surface area contributed by atoms with Crippen LogP contribution in [-0.2, 0) is 16.0 Å². The molecule has 1 amide bonds. The minimum atomic E-state index is -0.556. The van der Waals surface area contributed by atoms with Crippen molar-refractivity contribution in [1.29, 1.82) is 5.26 Å². The van der Waals surface area contributed by atoms with Gasteiger partial charge < -0.3 is 20.5 Å². The number of para-hydroxylation sites is 1. The molecule has 0 aliphatic rings. The molecule has 0 fully saturated rings. The predicted molar refractivity (Wildman–Crippen MR) is 139 cm³/mol. The number of hydrogen-bond donors (Lipinski definition) is 2. The van der Waals surface area contributed by atoms with Crippen LogP contribution < -0.4 is 15.8 Å². The topological polar surface area (TPSA) is 114 Å². The summed E-state index contributed by atoms with van der Waals surface area (Å²) in [7, 11) is 1.48. The molecule has 0 saturated carbocycles. The number of hydrogen-bond acceptors (Lipinski definition) is 7. The first-order valence-electron chi connectivity index (χ1n) is 11.9. The standard InChI is InChI=1S/C15H27NO2S.C11H12N2O2/c1-2-3-4-5-6-7-8-9-10-11-15(17)18-12-13-19-14-16;1-3-5-8-6-4-7-9(10(8)12)15-11(14)13-2/h2-13H2,1H3;1,4,6-7H,5,12H2,2H3,(H,13,14). The van der Waals surface area contributed by atoms with Gasteiger partial charge in [-0.2, -0.15) is 5.26 Å². The van der Waals surface area contributed by atoms with Crippen molar-refractivity contribution in [3.05, 3.63) is 23.8 Å². The average molecular weight is 490 g/mol. The predicted octanol–water partition coefficient (Wildman–Crippen LogP) is 5.83. The van der Waals surface area contributed by atoms with E-state index in [0.717, 1.165) is 30.2 Å². The van der Waals surface area contributed by atoms with Crippen molar-refractivity contribution in [3.8, 4) is 23.5 Å². The van der Waals surface area contributed by atoms with Gasteiger partial charge in [-0.15, -0.1) is 12.3 Å². The number of terminal acetylenes is 1. The number of rotatable bonds is 15. The van der Waals surface area contributed by atoms with Crippen LogP contribution in [0.3, 0.4) is 0 Å². The van der Waals surface area contributed by atoms with Gasteiger partial charge in [-0.25, -0.2) is 4.79 Å². The molecule has 34 heavy (non-hydrogen) atoms. The first-order valence-corrected chi connectivity index (χ1v) is 12.9. The van der Waals surface area contributed by atoms with Gasteiger partial charge >= 0.3 is 12.1 Å². The lowest BCUT2D eigenvalue weighted by atomic mass is 10.1. The fraction of sp³-hybridized carbons (Fsp3) is 0.577. The molecule has 0 aliphatic heterocycles. The molecule has 0 unspecified atom stereocenters. The van der Waals surface area contributed by atoms with Gasteiger partial charge in [-0.05, 0) is 29.8 Å². The highest BCUT2D eigenvalue weighted by Gasteiger charge is 2.08. The summed E-state index contributed by atoms with van der Waals surface area (Å²) >= 11 is 1.12. The van der Waals surface area contributed by atoms with Crippen molar-refractivity contribution < 1.29 is 19.1 Å². The van der Waals surface area contributed by atoms with E-state index >= 15 is 0 Å². The molecule has 0 aliphatic carbocycles. The van der Waals surface area contributed by atoms with Crippen LogP contribution in [0.2, 0.25) is 0 Å². The number of nitrogen functional groups attached to an aromatic ring is 1. The number of thioether (sulfide) groups is 1. The Kier molecular flexibility index (Phi) is 20.1. The number of nitrogens with zero attached hydrogens (tertiary/aromatic N) is 1. The Hall–Kier alpha value is -2.84. The third-order valence-corrected chi connectivity index (χ3v) is 5.35. The zero-order valence-corrected chi connectivity index (χ0v) is 21.4. The summed E-state index contributed by atoms with van der Waals surface area (Å²) in [5.41, 5.74) is 6.95. The number of thiocyanates is 1. The summed E-state index contributed by atoms with van der Waals surface area (Å²) in [6, 6.07) is 5.15. The molecule has 0 aromatic heterocycles. The second kappa shape index (κ2) is 22.0. The maximum atomic E-state index is 11.3. The Labute approximate surface area is 209 Å². The van der Waals surface area contributed by atoms with E-state index in [-0.39, 0.29) is 5.97 Å². The number of benzene rings is 1. The quantitative estimate of drug-likeness (QED) is 0.105. The molecule has 1 aromatic carbocycles. The number of nitrogens with one attached hydrogen (secondary N) is 1. The molecule has 0 atom stereocenters. The fourth-order valence-electron chi connectivity index (χ4n) is 2.99. The monoisotopic (exact) mass is 489 g/mol. The van der Waals surface area contributed by atoms with Gasteiger partial charge in [0, 0.05) is 25.6 Å². The summed E-state index contributed by atoms with van der Waals surface area (Å²) in [6.07, 6.45) is 16.8. The Bertz CT molecular complexity index is 787. The number of esters is 1. The van der Waals surface area contributed by atoms with E-state index in [0.29, 0.717) is 36.6 Å². The molecule has 0 saturated heterocycles. The molecule has 0 radical (unpaired) electrons. The highest BCUT2D eigenvalue weighted by Crippen LogP contribution is 2.25. The number of ether oxygens (including phenoxy) is 2.